The third-order valence-corrected chi connectivity index (χ3v) is 4.89. The van der Waals surface area contributed by atoms with Crippen LogP contribution in [0.4, 0.5) is 5.69 Å². The van der Waals surface area contributed by atoms with Gasteiger partial charge in [0, 0.05) is 9.50 Å². The van der Waals surface area contributed by atoms with E-state index in [2.05, 4.69) is 27.3 Å². The number of benzene rings is 2. The smallest absolute Gasteiger partial charge is 0.119 e. The van der Waals surface area contributed by atoms with Crippen LogP contribution in [-0.4, -0.2) is 5.11 Å². The van der Waals surface area contributed by atoms with Crippen LogP contribution in [0.25, 0.3) is 0 Å². The summed E-state index contributed by atoms with van der Waals surface area (Å²) in [5.74, 6) is 0.396. The van der Waals surface area contributed by atoms with Crippen molar-refractivity contribution in [1.29, 1.82) is 0 Å². The van der Waals surface area contributed by atoms with Crippen molar-refractivity contribution < 1.29 is 5.11 Å². The Bertz CT molecular complexity index is 672. The zero-order chi connectivity index (χ0) is 14.3. The molecule has 2 nitrogen and oxygen atoms in total. The minimum atomic E-state index is 0.215. The molecule has 0 aromatic heterocycles. The van der Waals surface area contributed by atoms with Crippen molar-refractivity contribution >= 4 is 33.2 Å². The van der Waals surface area contributed by atoms with Crippen molar-refractivity contribution in [2.45, 2.75) is 25.8 Å². The molecule has 20 heavy (non-hydrogen) atoms. The largest absolute Gasteiger partial charge is 0.508 e. The molecule has 3 rings (SSSR count). The quantitative estimate of drug-likeness (QED) is 0.777. The zero-order valence-electron chi connectivity index (χ0n) is 11.1. The van der Waals surface area contributed by atoms with E-state index in [-0.39, 0.29) is 6.04 Å². The van der Waals surface area contributed by atoms with E-state index in [0.717, 1.165) is 39.2 Å². The van der Waals surface area contributed by atoms with Gasteiger partial charge in [0.25, 0.3) is 0 Å². The first-order valence-electron chi connectivity index (χ1n) is 6.59. The molecule has 0 spiro atoms. The number of aryl methyl sites for hydroxylation is 1. The van der Waals surface area contributed by atoms with Gasteiger partial charge in [-0.2, -0.15) is 0 Å². The Morgan fingerprint density at radius 2 is 2.15 bits per heavy atom. The Hall–Kier alpha value is -1.19. The molecule has 4 heteroatoms. The number of phenolic OH excluding ortho intramolecular Hbond substituents is 1. The molecule has 0 bridgehead atoms. The van der Waals surface area contributed by atoms with Crippen LogP contribution in [0.5, 0.6) is 5.75 Å². The van der Waals surface area contributed by atoms with Crippen LogP contribution in [0.15, 0.2) is 34.8 Å². The number of hydrogen-bond acceptors (Lipinski definition) is 2. The van der Waals surface area contributed by atoms with Gasteiger partial charge in [-0.05, 0) is 70.6 Å². The molecule has 0 heterocycles. The molecule has 0 saturated carbocycles. The second-order valence-electron chi connectivity index (χ2n) is 5.16. The van der Waals surface area contributed by atoms with Crippen molar-refractivity contribution in [1.82, 2.24) is 0 Å². The van der Waals surface area contributed by atoms with Gasteiger partial charge in [-0.25, -0.2) is 0 Å². The van der Waals surface area contributed by atoms with Gasteiger partial charge < -0.3 is 10.4 Å². The molecule has 2 aromatic rings. The first-order valence-corrected chi connectivity index (χ1v) is 7.76. The first-order chi connectivity index (χ1) is 9.56. The van der Waals surface area contributed by atoms with E-state index >= 15 is 0 Å². The van der Waals surface area contributed by atoms with Crippen molar-refractivity contribution in [3.63, 3.8) is 0 Å². The van der Waals surface area contributed by atoms with E-state index in [1.165, 1.54) is 5.56 Å². The average Bonchev–Trinajstić information content (AvgIpc) is 2.81. The minimum absolute atomic E-state index is 0.215. The Labute approximate surface area is 131 Å². The number of aromatic hydroxyl groups is 1. The zero-order valence-corrected chi connectivity index (χ0v) is 13.4. The van der Waals surface area contributed by atoms with Crippen LogP contribution in [0.1, 0.15) is 29.2 Å². The van der Waals surface area contributed by atoms with Gasteiger partial charge in [0.2, 0.25) is 0 Å². The molecule has 1 aliphatic rings. The lowest BCUT2D eigenvalue weighted by molar-refractivity contribution is 0.469. The summed E-state index contributed by atoms with van der Waals surface area (Å²) in [5.41, 5.74) is 4.27. The molecule has 2 aromatic carbocycles. The molecule has 1 aliphatic carbocycles. The predicted octanol–water partition coefficient (Wildman–Crippen LogP) is 5.22. The molecule has 2 N–H and O–H groups in total. The van der Waals surface area contributed by atoms with E-state index in [1.807, 2.05) is 25.1 Å². The number of halogens is 2. The molecule has 0 fully saturated rings. The number of phenols is 1. The summed E-state index contributed by atoms with van der Waals surface area (Å²) in [6.45, 7) is 1.99. The highest BCUT2D eigenvalue weighted by Gasteiger charge is 2.25. The van der Waals surface area contributed by atoms with Crippen LogP contribution in [0, 0.1) is 6.92 Å². The summed E-state index contributed by atoms with van der Waals surface area (Å²) < 4.78 is 1.01. The summed E-state index contributed by atoms with van der Waals surface area (Å²) in [7, 11) is 0. The summed E-state index contributed by atoms with van der Waals surface area (Å²) in [6, 6.07) is 9.89. The summed E-state index contributed by atoms with van der Waals surface area (Å²) in [5, 5.41) is 14.2. The average molecular weight is 353 g/mol. The van der Waals surface area contributed by atoms with Crippen molar-refractivity contribution in [3.8, 4) is 5.75 Å². The molecule has 0 amide bonds. The molecule has 0 aliphatic heterocycles. The fourth-order valence-corrected chi connectivity index (χ4v) is 3.47. The molecule has 0 saturated heterocycles. The normalized spacial score (nSPS) is 17.1. The highest BCUT2D eigenvalue weighted by atomic mass is 79.9. The first kappa shape index (κ1) is 13.8. The Balaban J connectivity index is 1.91. The summed E-state index contributed by atoms with van der Waals surface area (Å²) in [6.07, 6.45) is 1.88. The SMILES string of the molecule is Cc1cc(Br)c(NC2CCc3c(O)cccc32)cc1Cl. The third kappa shape index (κ3) is 2.40. The highest BCUT2D eigenvalue weighted by Crippen LogP contribution is 2.40. The maximum Gasteiger partial charge on any atom is 0.119 e. The van der Waals surface area contributed by atoms with Crippen molar-refractivity contribution in [3.05, 3.63) is 56.5 Å². The van der Waals surface area contributed by atoms with E-state index in [1.54, 1.807) is 6.07 Å². The molecule has 1 unspecified atom stereocenters. The van der Waals surface area contributed by atoms with E-state index in [9.17, 15) is 5.11 Å². The van der Waals surface area contributed by atoms with Gasteiger partial charge in [-0.3, -0.25) is 0 Å². The van der Waals surface area contributed by atoms with Crippen LogP contribution in [0.2, 0.25) is 5.02 Å². The Kier molecular flexibility index (Phi) is 3.65. The van der Waals surface area contributed by atoms with Crippen molar-refractivity contribution in [2.24, 2.45) is 0 Å². The molecule has 1 atom stereocenters. The van der Waals surface area contributed by atoms with Crippen LogP contribution < -0.4 is 5.32 Å². The van der Waals surface area contributed by atoms with Crippen molar-refractivity contribution in [2.75, 3.05) is 5.32 Å². The summed E-state index contributed by atoms with van der Waals surface area (Å²) >= 11 is 9.77. The highest BCUT2D eigenvalue weighted by molar-refractivity contribution is 9.10. The van der Waals surface area contributed by atoms with E-state index < -0.39 is 0 Å². The number of hydrogen-bond donors (Lipinski definition) is 2. The third-order valence-electron chi connectivity index (χ3n) is 3.82. The van der Waals surface area contributed by atoms with Gasteiger partial charge in [-0.1, -0.05) is 23.7 Å². The number of anilines is 1. The molecular weight excluding hydrogens is 338 g/mol. The Morgan fingerprint density at radius 3 is 2.95 bits per heavy atom. The Morgan fingerprint density at radius 1 is 1.35 bits per heavy atom. The van der Waals surface area contributed by atoms with Gasteiger partial charge in [0.1, 0.15) is 5.75 Å². The van der Waals surface area contributed by atoms with E-state index in [4.69, 9.17) is 11.6 Å². The molecule has 0 radical (unpaired) electrons. The lowest BCUT2D eigenvalue weighted by atomic mass is 10.1. The van der Waals surface area contributed by atoms with Gasteiger partial charge in [-0.15, -0.1) is 0 Å². The summed E-state index contributed by atoms with van der Waals surface area (Å²) in [4.78, 5) is 0. The molecular formula is C16H15BrClNO. The number of rotatable bonds is 2. The van der Waals surface area contributed by atoms with Crippen LogP contribution in [0.3, 0.4) is 0 Å². The monoisotopic (exact) mass is 351 g/mol. The topological polar surface area (TPSA) is 32.3 Å². The fraction of sp³-hybridized carbons (Fsp3) is 0.250. The maximum absolute atomic E-state index is 9.89. The predicted molar refractivity (Wildman–Crippen MR) is 86.7 cm³/mol. The van der Waals surface area contributed by atoms with Gasteiger partial charge in [0.15, 0.2) is 0 Å². The second kappa shape index (κ2) is 5.30. The second-order valence-corrected chi connectivity index (χ2v) is 6.42. The van der Waals surface area contributed by atoms with E-state index in [0.29, 0.717) is 5.75 Å². The lowest BCUT2D eigenvalue weighted by Crippen LogP contribution is -2.07. The maximum atomic E-state index is 9.89. The van der Waals surface area contributed by atoms with Gasteiger partial charge in [0.05, 0.1) is 11.7 Å². The lowest BCUT2D eigenvalue weighted by Gasteiger charge is -2.18. The van der Waals surface area contributed by atoms with Crippen LogP contribution in [-0.2, 0) is 6.42 Å². The van der Waals surface area contributed by atoms with Crippen LogP contribution >= 0.6 is 27.5 Å². The number of nitrogens with one attached hydrogen (secondary N) is 1. The fourth-order valence-electron chi connectivity index (χ4n) is 2.73. The minimum Gasteiger partial charge on any atom is -0.508 e. The van der Waals surface area contributed by atoms with Gasteiger partial charge >= 0.3 is 0 Å². The standard InChI is InChI=1S/C16H15BrClNO/c1-9-7-12(17)15(8-13(9)18)19-14-6-5-11-10(14)3-2-4-16(11)20/h2-4,7-8,14,19-20H,5-6H2,1H3. The molecule has 104 valence electrons. The number of fused-ring (bicyclic) bond motifs is 1.